The van der Waals surface area contributed by atoms with Crippen molar-refractivity contribution in [1.82, 2.24) is 9.80 Å². The van der Waals surface area contributed by atoms with E-state index in [4.69, 9.17) is 0 Å². The third-order valence-corrected chi connectivity index (χ3v) is 5.42. The van der Waals surface area contributed by atoms with E-state index < -0.39 is 0 Å². The summed E-state index contributed by atoms with van der Waals surface area (Å²) in [5, 5.41) is 0. The van der Waals surface area contributed by atoms with Crippen LogP contribution in [0.2, 0.25) is 0 Å². The van der Waals surface area contributed by atoms with E-state index in [1.165, 1.54) is 16.9 Å². The molecule has 1 atom stereocenters. The molecule has 0 bridgehead atoms. The van der Waals surface area contributed by atoms with Crippen molar-refractivity contribution in [1.29, 1.82) is 0 Å². The van der Waals surface area contributed by atoms with Gasteiger partial charge in [-0.1, -0.05) is 30.3 Å². The van der Waals surface area contributed by atoms with Crippen molar-refractivity contribution < 1.29 is 4.79 Å². The number of amides is 1. The molecule has 2 aromatic rings. The fraction of sp³-hybridized carbons (Fsp3) is 0.312. The van der Waals surface area contributed by atoms with Crippen LogP contribution in [0.3, 0.4) is 0 Å². The third-order valence-electron chi connectivity index (χ3n) is 3.81. The molecule has 0 N–H and O–H groups in total. The average Bonchev–Trinajstić information content (AvgIpc) is 2.94. The van der Waals surface area contributed by atoms with Gasteiger partial charge in [-0.2, -0.15) is 0 Å². The van der Waals surface area contributed by atoms with Crippen LogP contribution in [-0.2, 0) is 0 Å². The van der Waals surface area contributed by atoms with E-state index in [2.05, 4.69) is 40.0 Å². The number of carbonyl (C=O) groups is 1. The number of benzene rings is 1. The molecule has 1 saturated heterocycles. The minimum Gasteiger partial charge on any atom is -0.328 e. The standard InChI is InChI=1S/C16H17BrN2OS/c1-18-9-10-19(16(20)14-7-8-15(17)21-14)13(11-18)12-5-3-2-4-6-12/h2-8,13H,9-11H2,1H3/t13-/m0/s1. The van der Waals surface area contributed by atoms with Gasteiger partial charge in [-0.25, -0.2) is 0 Å². The maximum absolute atomic E-state index is 12.8. The summed E-state index contributed by atoms with van der Waals surface area (Å²) in [6.45, 7) is 2.56. The zero-order valence-corrected chi connectivity index (χ0v) is 14.2. The van der Waals surface area contributed by atoms with E-state index in [9.17, 15) is 4.79 Å². The van der Waals surface area contributed by atoms with Crippen LogP contribution in [-0.4, -0.2) is 42.4 Å². The molecule has 0 spiro atoms. The molecule has 1 fully saturated rings. The largest absolute Gasteiger partial charge is 0.328 e. The summed E-state index contributed by atoms with van der Waals surface area (Å²) in [4.78, 5) is 17.9. The molecule has 3 nitrogen and oxygen atoms in total. The summed E-state index contributed by atoms with van der Waals surface area (Å²) in [6, 6.07) is 14.3. The number of piperazine rings is 1. The Bertz CT molecular complexity index is 628. The molecule has 1 aromatic heterocycles. The second-order valence-corrected chi connectivity index (χ2v) is 7.75. The van der Waals surface area contributed by atoms with Crippen LogP contribution in [0, 0.1) is 0 Å². The summed E-state index contributed by atoms with van der Waals surface area (Å²) in [5.41, 5.74) is 1.20. The van der Waals surface area contributed by atoms with Gasteiger partial charge in [0.15, 0.2) is 0 Å². The van der Waals surface area contributed by atoms with E-state index in [0.717, 1.165) is 28.3 Å². The van der Waals surface area contributed by atoms with Gasteiger partial charge in [0, 0.05) is 19.6 Å². The van der Waals surface area contributed by atoms with Crippen molar-refractivity contribution in [3.05, 3.63) is 56.7 Å². The van der Waals surface area contributed by atoms with E-state index in [1.807, 2.05) is 35.2 Å². The Morgan fingerprint density at radius 2 is 1.95 bits per heavy atom. The van der Waals surface area contributed by atoms with Gasteiger partial charge in [-0.15, -0.1) is 11.3 Å². The number of rotatable bonds is 2. The van der Waals surface area contributed by atoms with Gasteiger partial charge >= 0.3 is 0 Å². The van der Waals surface area contributed by atoms with E-state index in [1.54, 1.807) is 0 Å². The van der Waals surface area contributed by atoms with Crippen LogP contribution in [0.4, 0.5) is 0 Å². The van der Waals surface area contributed by atoms with Gasteiger partial charge in [0.2, 0.25) is 0 Å². The molecule has 1 aliphatic rings. The van der Waals surface area contributed by atoms with Crippen LogP contribution in [0.1, 0.15) is 21.3 Å². The number of carbonyl (C=O) groups excluding carboxylic acids is 1. The molecular formula is C16H17BrN2OS. The van der Waals surface area contributed by atoms with E-state index >= 15 is 0 Å². The van der Waals surface area contributed by atoms with Crippen molar-refractivity contribution in [2.75, 3.05) is 26.7 Å². The smallest absolute Gasteiger partial charge is 0.264 e. The van der Waals surface area contributed by atoms with Crippen LogP contribution in [0.25, 0.3) is 0 Å². The lowest BCUT2D eigenvalue weighted by molar-refractivity contribution is 0.0503. The maximum atomic E-state index is 12.8. The molecule has 0 unspecified atom stereocenters. The molecule has 5 heteroatoms. The summed E-state index contributed by atoms with van der Waals surface area (Å²) in [7, 11) is 2.11. The summed E-state index contributed by atoms with van der Waals surface area (Å²) in [5.74, 6) is 0.132. The monoisotopic (exact) mass is 364 g/mol. The average molecular weight is 365 g/mol. The van der Waals surface area contributed by atoms with Gasteiger partial charge in [-0.3, -0.25) is 4.79 Å². The van der Waals surface area contributed by atoms with Crippen molar-refractivity contribution in [3.8, 4) is 0 Å². The first-order valence-corrected chi connectivity index (χ1v) is 8.56. The Balaban J connectivity index is 1.89. The Kier molecular flexibility index (Phi) is 4.42. The quantitative estimate of drug-likeness (QED) is 0.811. The predicted molar refractivity (Wildman–Crippen MR) is 89.7 cm³/mol. The highest BCUT2D eigenvalue weighted by Crippen LogP contribution is 2.29. The number of hydrogen-bond donors (Lipinski definition) is 0. The minimum absolute atomic E-state index is 0.123. The molecule has 0 radical (unpaired) electrons. The van der Waals surface area contributed by atoms with Gasteiger partial charge in [-0.05, 0) is 40.7 Å². The highest BCUT2D eigenvalue weighted by molar-refractivity contribution is 9.11. The number of nitrogens with zero attached hydrogens (tertiary/aromatic N) is 2. The Labute approximate surface area is 137 Å². The lowest BCUT2D eigenvalue weighted by Gasteiger charge is -2.40. The van der Waals surface area contributed by atoms with Crippen LogP contribution < -0.4 is 0 Å². The lowest BCUT2D eigenvalue weighted by Crippen LogP contribution is -2.49. The summed E-state index contributed by atoms with van der Waals surface area (Å²) >= 11 is 4.93. The number of thiophene rings is 1. The van der Waals surface area contributed by atoms with Crippen LogP contribution in [0.5, 0.6) is 0 Å². The number of likely N-dealkylation sites (N-methyl/N-ethyl adjacent to an activating group) is 1. The fourth-order valence-electron chi connectivity index (χ4n) is 2.69. The Morgan fingerprint density at radius 3 is 2.62 bits per heavy atom. The third kappa shape index (κ3) is 3.20. The molecule has 0 saturated carbocycles. The normalized spacial score (nSPS) is 19.7. The van der Waals surface area contributed by atoms with Crippen LogP contribution in [0.15, 0.2) is 46.3 Å². The maximum Gasteiger partial charge on any atom is 0.264 e. The second-order valence-electron chi connectivity index (χ2n) is 5.29. The molecule has 1 aromatic carbocycles. The van der Waals surface area contributed by atoms with Gasteiger partial charge in [0.1, 0.15) is 0 Å². The predicted octanol–water partition coefficient (Wildman–Crippen LogP) is 3.64. The molecule has 1 amide bonds. The SMILES string of the molecule is CN1CCN(C(=O)c2ccc(Br)s2)[C@H](c2ccccc2)C1. The van der Waals surface area contributed by atoms with Gasteiger partial charge in [0.25, 0.3) is 5.91 Å². The molecule has 2 heterocycles. The molecule has 110 valence electrons. The summed E-state index contributed by atoms with van der Waals surface area (Å²) in [6.07, 6.45) is 0. The van der Waals surface area contributed by atoms with Gasteiger partial charge < -0.3 is 9.80 Å². The first kappa shape index (κ1) is 14.8. The topological polar surface area (TPSA) is 23.6 Å². The lowest BCUT2D eigenvalue weighted by atomic mass is 10.0. The zero-order chi connectivity index (χ0) is 14.8. The minimum atomic E-state index is 0.123. The molecule has 0 aliphatic carbocycles. The second kappa shape index (κ2) is 6.30. The molecule has 3 rings (SSSR count). The Hall–Kier alpha value is -1.17. The van der Waals surface area contributed by atoms with Crippen LogP contribution >= 0.6 is 27.3 Å². The van der Waals surface area contributed by atoms with Crippen molar-refractivity contribution >= 4 is 33.2 Å². The summed E-state index contributed by atoms with van der Waals surface area (Å²) < 4.78 is 0.997. The number of hydrogen-bond acceptors (Lipinski definition) is 3. The van der Waals surface area contributed by atoms with E-state index in [0.29, 0.717) is 0 Å². The van der Waals surface area contributed by atoms with E-state index in [-0.39, 0.29) is 11.9 Å². The Morgan fingerprint density at radius 1 is 1.19 bits per heavy atom. The first-order chi connectivity index (χ1) is 10.1. The molecule has 1 aliphatic heterocycles. The highest BCUT2D eigenvalue weighted by atomic mass is 79.9. The number of halogens is 1. The van der Waals surface area contributed by atoms with Gasteiger partial charge in [0.05, 0.1) is 14.7 Å². The molecule has 21 heavy (non-hydrogen) atoms. The van der Waals surface area contributed by atoms with Crippen molar-refractivity contribution in [3.63, 3.8) is 0 Å². The molecular weight excluding hydrogens is 348 g/mol. The first-order valence-electron chi connectivity index (χ1n) is 6.95. The highest BCUT2D eigenvalue weighted by Gasteiger charge is 2.31. The fourth-order valence-corrected chi connectivity index (χ4v) is 4.04. The zero-order valence-electron chi connectivity index (χ0n) is 11.8. The van der Waals surface area contributed by atoms with Crippen molar-refractivity contribution in [2.24, 2.45) is 0 Å². The van der Waals surface area contributed by atoms with Crippen molar-refractivity contribution in [2.45, 2.75) is 6.04 Å².